The number of halogens is 2. The molecule has 0 aromatic heterocycles. The van der Waals surface area contributed by atoms with E-state index >= 15 is 0 Å². The van der Waals surface area contributed by atoms with Crippen LogP contribution in [0.1, 0.15) is 12.5 Å². The van der Waals surface area contributed by atoms with E-state index < -0.39 is 29.1 Å². The zero-order chi connectivity index (χ0) is 19.3. The maximum absolute atomic E-state index is 13.4. The van der Waals surface area contributed by atoms with E-state index in [2.05, 4.69) is 15.9 Å². The molecule has 5 nitrogen and oxygen atoms in total. The highest BCUT2D eigenvalue weighted by Gasteiger charge is 2.83. The summed E-state index contributed by atoms with van der Waals surface area (Å²) in [6.07, 6.45) is 0. The topological polar surface area (TPSA) is 63.7 Å². The van der Waals surface area contributed by atoms with Crippen LogP contribution in [0.3, 0.4) is 0 Å². The number of piperidine rings is 1. The van der Waals surface area contributed by atoms with Gasteiger partial charge in [-0.05, 0) is 48.9 Å². The number of ether oxygens (including phenoxy) is 1. The van der Waals surface area contributed by atoms with Gasteiger partial charge in [0, 0.05) is 9.50 Å². The molecule has 2 aromatic rings. The Morgan fingerprint density at radius 2 is 1.78 bits per heavy atom. The first-order valence-electron chi connectivity index (χ1n) is 8.49. The van der Waals surface area contributed by atoms with Crippen molar-refractivity contribution in [2.24, 2.45) is 11.8 Å². The molecule has 138 valence electrons. The van der Waals surface area contributed by atoms with Crippen LogP contribution in [0.2, 0.25) is 5.02 Å². The maximum atomic E-state index is 13.4. The van der Waals surface area contributed by atoms with Crippen molar-refractivity contribution in [3.8, 4) is 0 Å². The third-order valence-corrected chi connectivity index (χ3v) is 5.98. The zero-order valence-electron chi connectivity index (χ0n) is 14.3. The highest BCUT2D eigenvalue weighted by Crippen LogP contribution is 2.66. The number of imide groups is 1. The predicted octanol–water partition coefficient (Wildman–Crippen LogP) is 3.72. The first kappa shape index (κ1) is 18.2. The smallest absolute Gasteiger partial charge is 0.311 e. The second kappa shape index (κ2) is 6.46. The van der Waals surface area contributed by atoms with Crippen LogP contribution >= 0.6 is 27.5 Å². The third-order valence-electron chi connectivity index (χ3n) is 5.20. The summed E-state index contributed by atoms with van der Waals surface area (Å²) in [6, 6.07) is 13.6. The van der Waals surface area contributed by atoms with Gasteiger partial charge in [0.05, 0.1) is 24.1 Å². The van der Waals surface area contributed by atoms with Gasteiger partial charge in [0.1, 0.15) is 5.41 Å². The van der Waals surface area contributed by atoms with E-state index in [1.807, 2.05) is 0 Å². The summed E-state index contributed by atoms with van der Waals surface area (Å²) in [5.74, 6) is -2.86. The van der Waals surface area contributed by atoms with Gasteiger partial charge in [-0.25, -0.2) is 4.90 Å². The number of amides is 2. The number of carbonyl (C=O) groups excluding carboxylic acids is 3. The molecule has 27 heavy (non-hydrogen) atoms. The van der Waals surface area contributed by atoms with Gasteiger partial charge in [0.25, 0.3) is 0 Å². The summed E-state index contributed by atoms with van der Waals surface area (Å²) in [7, 11) is 0. The van der Waals surface area contributed by atoms with E-state index in [9.17, 15) is 14.4 Å². The van der Waals surface area contributed by atoms with Crippen LogP contribution in [-0.4, -0.2) is 24.4 Å². The van der Waals surface area contributed by atoms with Gasteiger partial charge in [0.2, 0.25) is 11.8 Å². The summed E-state index contributed by atoms with van der Waals surface area (Å²) >= 11 is 9.31. The van der Waals surface area contributed by atoms with E-state index in [4.69, 9.17) is 16.3 Å². The van der Waals surface area contributed by atoms with Crippen LogP contribution in [0.25, 0.3) is 0 Å². The van der Waals surface area contributed by atoms with Gasteiger partial charge in [-0.1, -0.05) is 39.7 Å². The lowest BCUT2D eigenvalue weighted by Crippen LogP contribution is -2.40. The second-order valence-electron chi connectivity index (χ2n) is 6.54. The molecular weight excluding hydrogens is 434 g/mol. The number of rotatable bonds is 4. The standard InChI is InChI=1S/C20H15BrClNO4/c1-2-27-18(25)16-15-17(24)23(14-9-5-12(21)6-10-14)19(26)20(15,16)11-3-7-13(22)8-4-11/h3-10,15-16H,2H2,1H3/t15-,16+,20+/m1/s1. The van der Waals surface area contributed by atoms with Crippen molar-refractivity contribution >= 4 is 51.0 Å². The summed E-state index contributed by atoms with van der Waals surface area (Å²) in [6.45, 7) is 1.89. The minimum Gasteiger partial charge on any atom is -0.466 e. The lowest BCUT2D eigenvalue weighted by molar-refractivity contribution is -0.147. The Bertz CT molecular complexity index is 943. The summed E-state index contributed by atoms with van der Waals surface area (Å²) in [5.41, 5.74) is -0.134. The molecule has 1 aliphatic heterocycles. The largest absolute Gasteiger partial charge is 0.466 e. The lowest BCUT2D eigenvalue weighted by atomic mass is 9.91. The molecule has 0 bridgehead atoms. The van der Waals surface area contributed by atoms with Crippen molar-refractivity contribution < 1.29 is 19.1 Å². The minimum atomic E-state index is -1.22. The van der Waals surface area contributed by atoms with E-state index in [-0.39, 0.29) is 12.5 Å². The maximum Gasteiger partial charge on any atom is 0.311 e. The van der Waals surface area contributed by atoms with Gasteiger partial charge in [-0.3, -0.25) is 14.4 Å². The van der Waals surface area contributed by atoms with Gasteiger partial charge in [0.15, 0.2) is 0 Å². The van der Waals surface area contributed by atoms with Gasteiger partial charge < -0.3 is 4.74 Å². The fourth-order valence-corrected chi connectivity index (χ4v) is 4.40. The number of carbonyl (C=O) groups is 3. The minimum absolute atomic E-state index is 0.192. The van der Waals surface area contributed by atoms with Crippen LogP contribution in [-0.2, 0) is 24.5 Å². The summed E-state index contributed by atoms with van der Waals surface area (Å²) in [4.78, 5) is 40.1. The Labute approximate surface area is 169 Å². The van der Waals surface area contributed by atoms with E-state index in [1.54, 1.807) is 55.5 Å². The van der Waals surface area contributed by atoms with Crippen molar-refractivity contribution in [2.45, 2.75) is 12.3 Å². The Hall–Kier alpha value is -2.18. The average molecular weight is 449 g/mol. The van der Waals surface area contributed by atoms with Crippen molar-refractivity contribution in [1.29, 1.82) is 0 Å². The fraction of sp³-hybridized carbons (Fsp3) is 0.250. The molecule has 0 N–H and O–H groups in total. The number of nitrogens with zero attached hydrogens (tertiary/aromatic N) is 1. The number of fused-ring (bicyclic) bond motifs is 1. The molecular formula is C20H15BrClNO4. The van der Waals surface area contributed by atoms with Crippen molar-refractivity contribution in [3.63, 3.8) is 0 Å². The lowest BCUT2D eigenvalue weighted by Gasteiger charge is -2.22. The number of anilines is 1. The van der Waals surface area contributed by atoms with Crippen LogP contribution in [0, 0.1) is 11.8 Å². The molecule has 0 radical (unpaired) electrons. The Morgan fingerprint density at radius 3 is 2.37 bits per heavy atom. The Morgan fingerprint density at radius 1 is 1.15 bits per heavy atom. The van der Waals surface area contributed by atoms with E-state index in [1.165, 1.54) is 4.90 Å². The van der Waals surface area contributed by atoms with Crippen LogP contribution in [0.5, 0.6) is 0 Å². The molecule has 2 aromatic carbocycles. The van der Waals surface area contributed by atoms with Crippen LogP contribution < -0.4 is 4.90 Å². The Balaban J connectivity index is 1.80. The first-order valence-corrected chi connectivity index (χ1v) is 9.66. The van der Waals surface area contributed by atoms with Crippen molar-refractivity contribution in [2.75, 3.05) is 11.5 Å². The second-order valence-corrected chi connectivity index (χ2v) is 7.89. The van der Waals surface area contributed by atoms with E-state index in [0.717, 1.165) is 4.47 Å². The highest BCUT2D eigenvalue weighted by molar-refractivity contribution is 9.10. The molecule has 0 unspecified atom stereocenters. The number of hydrogen-bond donors (Lipinski definition) is 0. The predicted molar refractivity (Wildman–Crippen MR) is 103 cm³/mol. The first-order chi connectivity index (χ1) is 12.9. The third kappa shape index (κ3) is 2.54. The van der Waals surface area contributed by atoms with Gasteiger partial charge >= 0.3 is 5.97 Å². The highest BCUT2D eigenvalue weighted by atomic mass is 79.9. The molecule has 0 spiro atoms. The summed E-state index contributed by atoms with van der Waals surface area (Å²) < 4.78 is 5.97. The molecule has 1 heterocycles. The average Bonchev–Trinajstić information content (AvgIpc) is 3.29. The van der Waals surface area contributed by atoms with Gasteiger partial charge in [-0.15, -0.1) is 0 Å². The van der Waals surface area contributed by atoms with Crippen LogP contribution in [0.15, 0.2) is 53.0 Å². The number of hydrogen-bond acceptors (Lipinski definition) is 4. The molecule has 2 aliphatic rings. The quantitative estimate of drug-likeness (QED) is 0.528. The fourth-order valence-electron chi connectivity index (χ4n) is 4.01. The zero-order valence-corrected chi connectivity index (χ0v) is 16.7. The summed E-state index contributed by atoms with van der Waals surface area (Å²) in [5, 5.41) is 0.515. The number of esters is 1. The van der Waals surface area contributed by atoms with Gasteiger partial charge in [-0.2, -0.15) is 0 Å². The molecule has 1 saturated carbocycles. The van der Waals surface area contributed by atoms with Crippen molar-refractivity contribution in [1.82, 2.24) is 0 Å². The molecule has 1 aliphatic carbocycles. The normalized spacial score (nSPS) is 26.1. The molecule has 4 rings (SSSR count). The Kier molecular flexibility index (Phi) is 4.35. The molecule has 3 atom stereocenters. The molecule has 1 saturated heterocycles. The number of benzene rings is 2. The van der Waals surface area contributed by atoms with E-state index in [0.29, 0.717) is 16.3 Å². The molecule has 7 heteroatoms. The van der Waals surface area contributed by atoms with Crippen LogP contribution in [0.4, 0.5) is 5.69 Å². The molecule has 2 amide bonds. The SMILES string of the molecule is CCOC(=O)[C@@H]1[C@@H]2C(=O)N(c3ccc(Br)cc3)C(=O)[C@]12c1ccc(Cl)cc1. The molecule has 2 fully saturated rings. The van der Waals surface area contributed by atoms with Crippen molar-refractivity contribution in [3.05, 3.63) is 63.6 Å². The monoisotopic (exact) mass is 447 g/mol.